The fourth-order valence-electron chi connectivity index (χ4n) is 2.36. The molecule has 9 heteroatoms. The zero-order chi connectivity index (χ0) is 20.0. The number of carboxylic acid groups (broad SMARTS) is 1. The molecule has 9 nitrogen and oxygen atoms in total. The molecule has 0 spiro atoms. The molecule has 0 radical (unpaired) electrons. The molecule has 0 aliphatic heterocycles. The Balaban J connectivity index is 3.96. The Hall–Kier alpha value is -1.87. The van der Waals surface area contributed by atoms with Crippen molar-refractivity contribution in [3.63, 3.8) is 0 Å². The molecule has 0 bridgehead atoms. The van der Waals surface area contributed by atoms with E-state index in [2.05, 4.69) is 10.6 Å². The molecule has 0 rings (SSSR count). The Kier molecular flexibility index (Phi) is 12.4. The van der Waals surface area contributed by atoms with Gasteiger partial charge in [0.15, 0.2) is 0 Å². The summed E-state index contributed by atoms with van der Waals surface area (Å²) in [6.07, 6.45) is 0.635. The fraction of sp³-hybridized carbons (Fsp3) is 0.824. The van der Waals surface area contributed by atoms with Gasteiger partial charge in [-0.2, -0.15) is 0 Å². The van der Waals surface area contributed by atoms with Gasteiger partial charge in [0.2, 0.25) is 5.91 Å². The van der Waals surface area contributed by atoms with Crippen molar-refractivity contribution in [2.24, 2.45) is 5.92 Å². The minimum absolute atomic E-state index is 0.0360. The van der Waals surface area contributed by atoms with Crippen LogP contribution in [0.4, 0.5) is 4.79 Å². The summed E-state index contributed by atoms with van der Waals surface area (Å²) in [4.78, 5) is 33.4. The van der Waals surface area contributed by atoms with E-state index >= 15 is 0 Å². The third-order valence-electron chi connectivity index (χ3n) is 4.03. The maximum atomic E-state index is 11.7. The highest BCUT2D eigenvalue weighted by Crippen LogP contribution is 2.13. The van der Waals surface area contributed by atoms with E-state index in [1.807, 2.05) is 14.1 Å². The van der Waals surface area contributed by atoms with E-state index in [1.165, 1.54) is 6.92 Å². The summed E-state index contributed by atoms with van der Waals surface area (Å²) < 4.78 is 10.7. The third kappa shape index (κ3) is 14.5. The number of alkyl carbamates (subject to hydrolysis) is 1. The van der Waals surface area contributed by atoms with Crippen LogP contribution in [0.3, 0.4) is 0 Å². The Morgan fingerprint density at radius 1 is 1.04 bits per heavy atom. The van der Waals surface area contributed by atoms with Gasteiger partial charge in [-0.05, 0) is 18.8 Å². The van der Waals surface area contributed by atoms with Crippen molar-refractivity contribution in [3.8, 4) is 0 Å². The predicted octanol–water partition coefficient (Wildman–Crippen LogP) is 0.443. The van der Waals surface area contributed by atoms with Crippen LogP contribution in [0.5, 0.6) is 0 Å². The van der Waals surface area contributed by atoms with E-state index in [0.29, 0.717) is 43.6 Å². The van der Waals surface area contributed by atoms with E-state index in [9.17, 15) is 14.4 Å². The number of hydrogen-bond acceptors (Lipinski definition) is 5. The van der Waals surface area contributed by atoms with Gasteiger partial charge in [-0.15, -0.1) is 0 Å². The van der Waals surface area contributed by atoms with E-state index in [4.69, 9.17) is 14.6 Å². The number of carboxylic acids is 1. The van der Waals surface area contributed by atoms with Gasteiger partial charge in [-0.25, -0.2) is 4.79 Å². The van der Waals surface area contributed by atoms with Crippen molar-refractivity contribution in [1.29, 1.82) is 0 Å². The lowest BCUT2D eigenvalue weighted by Gasteiger charge is -2.29. The van der Waals surface area contributed by atoms with Gasteiger partial charge in [-0.3, -0.25) is 9.59 Å². The Morgan fingerprint density at radius 3 is 2.15 bits per heavy atom. The summed E-state index contributed by atoms with van der Waals surface area (Å²) >= 11 is 0. The number of carbonyl (C=O) groups excluding carboxylic acids is 2. The lowest BCUT2D eigenvalue weighted by molar-refractivity contribution is -0.887. The first-order valence-corrected chi connectivity index (χ1v) is 8.84. The summed E-state index contributed by atoms with van der Waals surface area (Å²) in [5.41, 5.74) is 0. The highest BCUT2D eigenvalue weighted by atomic mass is 16.5. The minimum Gasteiger partial charge on any atom is -0.481 e. The number of nitrogens with one attached hydrogen (secondary N) is 2. The number of hydrogen-bond donors (Lipinski definition) is 3. The molecule has 26 heavy (non-hydrogen) atoms. The van der Waals surface area contributed by atoms with Gasteiger partial charge in [0, 0.05) is 27.1 Å². The number of likely N-dealkylation sites (N-methyl/N-ethyl adjacent to an activating group) is 1. The summed E-state index contributed by atoms with van der Waals surface area (Å²) in [6.45, 7) is 4.63. The van der Waals surface area contributed by atoms with Gasteiger partial charge < -0.3 is 29.7 Å². The van der Waals surface area contributed by atoms with Crippen LogP contribution in [0.2, 0.25) is 0 Å². The van der Waals surface area contributed by atoms with Crippen LogP contribution >= 0.6 is 0 Å². The van der Waals surface area contributed by atoms with Gasteiger partial charge in [0.25, 0.3) is 0 Å². The largest absolute Gasteiger partial charge is 0.481 e. The molecule has 152 valence electrons. The van der Waals surface area contributed by atoms with Crippen LogP contribution in [-0.2, 0) is 19.1 Å². The van der Waals surface area contributed by atoms with E-state index in [1.54, 1.807) is 7.11 Å². The average molecular weight is 376 g/mol. The van der Waals surface area contributed by atoms with E-state index in [-0.39, 0.29) is 24.9 Å². The number of ether oxygens (including phenoxy) is 2. The Labute approximate surface area is 155 Å². The van der Waals surface area contributed by atoms with Crippen LogP contribution in [-0.4, -0.2) is 88.2 Å². The topological polar surface area (TPSA) is 114 Å². The summed E-state index contributed by atoms with van der Waals surface area (Å²) in [5.74, 6) is -1.00. The molecule has 0 saturated heterocycles. The predicted molar refractivity (Wildman–Crippen MR) is 96.7 cm³/mol. The van der Waals surface area contributed by atoms with Gasteiger partial charge in [0.05, 0.1) is 46.9 Å². The second-order valence-corrected chi connectivity index (χ2v) is 6.96. The highest BCUT2D eigenvalue weighted by molar-refractivity contribution is 5.72. The number of carbonyl (C=O) groups is 3. The number of methoxy groups -OCH3 is 1. The van der Waals surface area contributed by atoms with Gasteiger partial charge in [-0.1, -0.05) is 0 Å². The number of amides is 2. The van der Waals surface area contributed by atoms with Gasteiger partial charge in [0.1, 0.15) is 0 Å². The lowest BCUT2D eigenvalue weighted by Crippen LogP contribution is -2.49. The zero-order valence-electron chi connectivity index (χ0n) is 16.4. The molecule has 0 aromatic heterocycles. The summed E-state index contributed by atoms with van der Waals surface area (Å²) in [5, 5.41) is 14.3. The molecule has 1 atom stereocenters. The maximum Gasteiger partial charge on any atom is 0.407 e. The number of aliphatic carboxylic acids is 1. The van der Waals surface area contributed by atoms with E-state index < -0.39 is 12.1 Å². The van der Waals surface area contributed by atoms with Crippen LogP contribution in [0.25, 0.3) is 0 Å². The molecule has 0 aliphatic rings. The van der Waals surface area contributed by atoms with Crippen LogP contribution in [0.1, 0.15) is 26.2 Å². The highest BCUT2D eigenvalue weighted by Gasteiger charge is 2.16. The molecular formula is C17H34N3O6+. The summed E-state index contributed by atoms with van der Waals surface area (Å²) in [7, 11) is 5.60. The smallest absolute Gasteiger partial charge is 0.407 e. The summed E-state index contributed by atoms with van der Waals surface area (Å²) in [6, 6.07) is 0. The minimum atomic E-state index is -0.866. The molecular weight excluding hydrogens is 342 g/mol. The van der Waals surface area contributed by atoms with Crippen molar-refractivity contribution < 1.29 is 33.4 Å². The molecule has 2 amide bonds. The Morgan fingerprint density at radius 2 is 1.62 bits per heavy atom. The molecule has 0 aromatic carbocycles. The standard InChI is InChI=1S/C17H33N3O6/c1-14(21)18-7-9-20(2,3)10-8-19-17(24)26-12-6-15(5-11-25-4)13-16(22)23/h15H,5-13H2,1-4H3,(H2-,18,19,21,22,23,24)/p+1. The quantitative estimate of drug-likeness (QED) is 0.379. The average Bonchev–Trinajstić information content (AvgIpc) is 2.51. The zero-order valence-corrected chi connectivity index (χ0v) is 16.4. The molecule has 3 N–H and O–H groups in total. The molecule has 0 fully saturated rings. The van der Waals surface area contributed by atoms with Crippen LogP contribution in [0, 0.1) is 5.92 Å². The van der Waals surface area contributed by atoms with Crippen LogP contribution < -0.4 is 10.6 Å². The number of nitrogens with zero attached hydrogens (tertiary/aromatic N) is 1. The monoisotopic (exact) mass is 376 g/mol. The molecule has 0 saturated carbocycles. The van der Waals surface area contributed by atoms with Crippen LogP contribution in [0.15, 0.2) is 0 Å². The van der Waals surface area contributed by atoms with Crippen molar-refractivity contribution >= 4 is 18.0 Å². The first-order valence-electron chi connectivity index (χ1n) is 8.84. The van der Waals surface area contributed by atoms with E-state index in [0.717, 1.165) is 6.54 Å². The first-order chi connectivity index (χ1) is 12.2. The molecule has 1 unspecified atom stereocenters. The SMILES string of the molecule is COCCC(CCOC(=O)NCC[N+](C)(C)CCNC(C)=O)CC(=O)O. The first kappa shape index (κ1) is 24.1. The molecule has 0 heterocycles. The normalized spacial score (nSPS) is 12.3. The second-order valence-electron chi connectivity index (χ2n) is 6.96. The second kappa shape index (κ2) is 13.3. The van der Waals surface area contributed by atoms with Gasteiger partial charge >= 0.3 is 12.1 Å². The Bertz CT molecular complexity index is 442. The van der Waals surface area contributed by atoms with Crippen molar-refractivity contribution in [3.05, 3.63) is 0 Å². The van der Waals surface area contributed by atoms with Crippen molar-refractivity contribution in [2.75, 3.05) is 60.6 Å². The van der Waals surface area contributed by atoms with Crippen molar-refractivity contribution in [2.45, 2.75) is 26.2 Å². The fourth-order valence-corrected chi connectivity index (χ4v) is 2.36. The lowest BCUT2D eigenvalue weighted by atomic mass is 9.98. The third-order valence-corrected chi connectivity index (χ3v) is 4.03. The molecule has 0 aromatic rings. The molecule has 0 aliphatic carbocycles. The number of rotatable bonds is 14. The van der Waals surface area contributed by atoms with Crippen molar-refractivity contribution in [1.82, 2.24) is 10.6 Å². The number of quaternary nitrogens is 1. The maximum absolute atomic E-state index is 11.7.